The zero-order valence-electron chi connectivity index (χ0n) is 12.5. The minimum atomic E-state index is -3.45. The highest BCUT2D eigenvalue weighted by Gasteiger charge is 2.21. The topological polar surface area (TPSA) is 58.2 Å². The smallest absolute Gasteiger partial charge is 0.242 e. The third-order valence-electron chi connectivity index (χ3n) is 3.52. The van der Waals surface area contributed by atoms with Gasteiger partial charge in [0.25, 0.3) is 0 Å². The maximum atomic E-state index is 12.5. The average Bonchev–Trinajstić information content (AvgIpc) is 2.52. The van der Waals surface area contributed by atoms with Crippen LogP contribution < -0.4 is 10.0 Å². The van der Waals surface area contributed by atoms with Gasteiger partial charge in [0, 0.05) is 18.3 Å². The summed E-state index contributed by atoms with van der Waals surface area (Å²) in [5, 5.41) is 3.59. The van der Waals surface area contributed by atoms with E-state index in [1.807, 2.05) is 23.9 Å². The molecule has 0 bridgehead atoms. The number of anilines is 1. The number of nitrogens with one attached hydrogen (secondary N) is 2. The minimum Gasteiger partial charge on any atom is -0.384 e. The van der Waals surface area contributed by atoms with Crippen molar-refractivity contribution in [3.8, 4) is 0 Å². The summed E-state index contributed by atoms with van der Waals surface area (Å²) in [4.78, 5) is 0.347. The van der Waals surface area contributed by atoms with Crippen LogP contribution in [-0.2, 0) is 10.0 Å². The third kappa shape index (κ3) is 4.90. The van der Waals surface area contributed by atoms with Crippen molar-refractivity contribution >= 4 is 27.5 Å². The van der Waals surface area contributed by atoms with Gasteiger partial charge in [0.2, 0.25) is 10.0 Å². The van der Waals surface area contributed by atoms with Crippen molar-refractivity contribution in [2.75, 3.05) is 24.2 Å². The van der Waals surface area contributed by atoms with Crippen LogP contribution in [0.2, 0.25) is 0 Å². The molecule has 0 aromatic heterocycles. The second-order valence-electron chi connectivity index (χ2n) is 5.26. The molecule has 1 aromatic rings. The first kappa shape index (κ1) is 16.6. The van der Waals surface area contributed by atoms with Gasteiger partial charge in [0.1, 0.15) is 4.90 Å². The van der Waals surface area contributed by atoms with E-state index >= 15 is 0 Å². The molecule has 1 atom stereocenters. The lowest BCUT2D eigenvalue weighted by atomic mass is 10.2. The summed E-state index contributed by atoms with van der Waals surface area (Å²) in [6.45, 7) is 3.35. The lowest BCUT2D eigenvalue weighted by Crippen LogP contribution is -2.32. The first-order chi connectivity index (χ1) is 10.1. The van der Waals surface area contributed by atoms with Crippen LogP contribution in [0.5, 0.6) is 0 Å². The van der Waals surface area contributed by atoms with Crippen molar-refractivity contribution in [3.63, 3.8) is 0 Å². The van der Waals surface area contributed by atoms with E-state index in [1.54, 1.807) is 12.1 Å². The number of para-hydroxylation sites is 1. The number of sulfonamides is 1. The number of hydrogen-bond acceptors (Lipinski definition) is 4. The van der Waals surface area contributed by atoms with Crippen molar-refractivity contribution in [2.24, 2.45) is 0 Å². The number of benzene rings is 1. The van der Waals surface area contributed by atoms with E-state index in [0.717, 1.165) is 25.1 Å². The Hall–Kier alpha value is -0.720. The van der Waals surface area contributed by atoms with Gasteiger partial charge in [-0.3, -0.25) is 0 Å². The van der Waals surface area contributed by atoms with Crippen molar-refractivity contribution in [1.82, 2.24) is 4.72 Å². The van der Waals surface area contributed by atoms with Gasteiger partial charge in [-0.15, -0.1) is 0 Å². The second kappa shape index (κ2) is 8.06. The number of rotatable bonds is 7. The first-order valence-electron chi connectivity index (χ1n) is 7.57. The molecule has 21 heavy (non-hydrogen) atoms. The highest BCUT2D eigenvalue weighted by Crippen LogP contribution is 2.25. The Morgan fingerprint density at radius 1 is 1.29 bits per heavy atom. The van der Waals surface area contributed by atoms with Crippen LogP contribution in [0.25, 0.3) is 0 Å². The molecule has 1 heterocycles. The predicted molar refractivity (Wildman–Crippen MR) is 90.5 cm³/mol. The maximum absolute atomic E-state index is 12.5. The molecular weight excluding hydrogens is 304 g/mol. The fraction of sp³-hybridized carbons (Fsp3) is 0.600. The predicted octanol–water partition coefficient (Wildman–Crippen LogP) is 3.07. The second-order valence-corrected chi connectivity index (χ2v) is 8.41. The van der Waals surface area contributed by atoms with Crippen LogP contribution in [0.1, 0.15) is 32.6 Å². The maximum Gasteiger partial charge on any atom is 0.242 e. The molecule has 1 fully saturated rings. The highest BCUT2D eigenvalue weighted by molar-refractivity contribution is 8.00. The Morgan fingerprint density at radius 3 is 2.81 bits per heavy atom. The van der Waals surface area contributed by atoms with Gasteiger partial charge in [0.15, 0.2) is 0 Å². The van der Waals surface area contributed by atoms with Gasteiger partial charge >= 0.3 is 0 Å². The average molecular weight is 329 g/mol. The number of hydrogen-bond donors (Lipinski definition) is 2. The molecule has 1 aliphatic heterocycles. The Bertz CT molecular complexity index is 540. The molecule has 0 radical (unpaired) electrons. The van der Waals surface area contributed by atoms with Crippen molar-refractivity contribution < 1.29 is 8.42 Å². The Labute approximate surface area is 132 Å². The van der Waals surface area contributed by atoms with Crippen LogP contribution >= 0.6 is 11.8 Å². The van der Waals surface area contributed by atoms with E-state index in [9.17, 15) is 8.42 Å². The zero-order chi connectivity index (χ0) is 15.1. The molecule has 6 heteroatoms. The first-order valence-corrected chi connectivity index (χ1v) is 10.1. The Morgan fingerprint density at radius 2 is 2.10 bits per heavy atom. The third-order valence-corrected chi connectivity index (χ3v) is 6.40. The Kier molecular flexibility index (Phi) is 6.39. The van der Waals surface area contributed by atoms with Crippen LogP contribution in [-0.4, -0.2) is 32.5 Å². The van der Waals surface area contributed by atoms with Gasteiger partial charge in [-0.2, -0.15) is 11.8 Å². The van der Waals surface area contributed by atoms with E-state index in [2.05, 4.69) is 17.0 Å². The van der Waals surface area contributed by atoms with E-state index in [1.165, 1.54) is 12.8 Å². The molecule has 4 nitrogen and oxygen atoms in total. The summed E-state index contributed by atoms with van der Waals surface area (Å²) in [6.07, 6.45) is 4.51. The van der Waals surface area contributed by atoms with Crippen molar-refractivity contribution in [2.45, 2.75) is 42.8 Å². The van der Waals surface area contributed by atoms with E-state index in [-0.39, 0.29) is 0 Å². The van der Waals surface area contributed by atoms with E-state index in [4.69, 9.17) is 0 Å². The summed E-state index contributed by atoms with van der Waals surface area (Å²) in [7, 11) is -3.45. The molecule has 1 saturated heterocycles. The molecule has 2 N–H and O–H groups in total. The molecule has 0 spiro atoms. The van der Waals surface area contributed by atoms with Crippen molar-refractivity contribution in [1.29, 1.82) is 0 Å². The molecule has 1 aliphatic rings. The number of thioether (sulfide) groups is 1. The highest BCUT2D eigenvalue weighted by atomic mass is 32.2. The lowest BCUT2D eigenvalue weighted by molar-refractivity contribution is 0.574. The molecule has 2 rings (SSSR count). The van der Waals surface area contributed by atoms with Gasteiger partial charge in [0.05, 0.1) is 5.69 Å². The van der Waals surface area contributed by atoms with Gasteiger partial charge in [-0.25, -0.2) is 13.1 Å². The quantitative estimate of drug-likeness (QED) is 0.807. The van der Waals surface area contributed by atoms with Crippen LogP contribution in [0.4, 0.5) is 5.69 Å². The van der Waals surface area contributed by atoms with Crippen LogP contribution in [0.15, 0.2) is 29.2 Å². The fourth-order valence-corrected chi connectivity index (χ4v) is 4.96. The molecule has 0 aliphatic carbocycles. The fourth-order valence-electron chi connectivity index (χ4n) is 2.36. The minimum absolute atomic E-state index is 0.347. The van der Waals surface area contributed by atoms with E-state index < -0.39 is 10.0 Å². The standard InChI is InChI=1S/C15H24N2O2S2/c1-2-10-16-14-8-3-4-9-15(14)21(18,19)17-12-13-7-5-6-11-20-13/h3-4,8-9,13,16-17H,2,5-7,10-12H2,1H3. The zero-order valence-corrected chi connectivity index (χ0v) is 14.1. The summed E-state index contributed by atoms with van der Waals surface area (Å²) >= 11 is 1.87. The lowest BCUT2D eigenvalue weighted by Gasteiger charge is -2.21. The summed E-state index contributed by atoms with van der Waals surface area (Å²) in [6, 6.07) is 7.10. The van der Waals surface area contributed by atoms with E-state index in [0.29, 0.717) is 22.4 Å². The summed E-state index contributed by atoms with van der Waals surface area (Å²) in [5.41, 5.74) is 0.683. The Balaban J connectivity index is 2.04. The largest absolute Gasteiger partial charge is 0.384 e. The molecule has 118 valence electrons. The normalized spacial score (nSPS) is 19.4. The molecule has 1 aromatic carbocycles. The van der Waals surface area contributed by atoms with Gasteiger partial charge in [-0.05, 0) is 37.1 Å². The van der Waals surface area contributed by atoms with Gasteiger partial charge in [-0.1, -0.05) is 25.5 Å². The summed E-state index contributed by atoms with van der Waals surface area (Å²) < 4.78 is 27.8. The van der Waals surface area contributed by atoms with Crippen LogP contribution in [0, 0.1) is 0 Å². The molecule has 0 saturated carbocycles. The van der Waals surface area contributed by atoms with Crippen LogP contribution in [0.3, 0.4) is 0 Å². The SMILES string of the molecule is CCCNc1ccccc1S(=O)(=O)NCC1CCCCS1. The molecule has 0 amide bonds. The molecule has 1 unspecified atom stereocenters. The monoisotopic (exact) mass is 328 g/mol. The summed E-state index contributed by atoms with van der Waals surface area (Å²) in [5.74, 6) is 1.14. The van der Waals surface area contributed by atoms with Gasteiger partial charge < -0.3 is 5.32 Å². The molecular formula is C15H24N2O2S2. The van der Waals surface area contributed by atoms with Crippen molar-refractivity contribution in [3.05, 3.63) is 24.3 Å².